The number of benzene rings is 4. The molecule has 54 heavy (non-hydrogen) atoms. The summed E-state index contributed by atoms with van der Waals surface area (Å²) in [6, 6.07) is 25.5. The third-order valence-electron chi connectivity index (χ3n) is 10.5. The number of thiazole rings is 1. The quantitative estimate of drug-likeness (QED) is 0.0804. The van der Waals surface area contributed by atoms with Gasteiger partial charge in [0.15, 0.2) is 0 Å². The number of nitrogens with one attached hydrogen (secondary N) is 1. The van der Waals surface area contributed by atoms with Crippen LogP contribution in [0, 0.1) is 17.8 Å². The van der Waals surface area contributed by atoms with E-state index in [4.69, 9.17) is 5.73 Å². The molecular weight excluding hydrogens is 697 g/mol. The van der Waals surface area contributed by atoms with Crippen LogP contribution in [0.5, 0.6) is 0 Å². The first-order valence-electron chi connectivity index (χ1n) is 19.0. The van der Waals surface area contributed by atoms with Crippen molar-refractivity contribution in [1.82, 2.24) is 15.2 Å². The summed E-state index contributed by atoms with van der Waals surface area (Å²) >= 11 is 1.39. The third kappa shape index (κ3) is 10.2. The van der Waals surface area contributed by atoms with E-state index in [0.29, 0.717) is 18.5 Å². The lowest BCUT2D eigenvalue weighted by Crippen LogP contribution is -2.58. The molecule has 0 bridgehead atoms. The Hall–Kier alpha value is -4.48. The monoisotopic (exact) mass is 750 g/mol. The second-order valence-electron chi connectivity index (χ2n) is 14.9. The molecule has 1 heterocycles. The molecule has 1 unspecified atom stereocenters. The van der Waals surface area contributed by atoms with Crippen LogP contribution in [0.15, 0.2) is 95.8 Å². The summed E-state index contributed by atoms with van der Waals surface area (Å²) in [6.07, 6.45) is 0.00539. The van der Waals surface area contributed by atoms with Gasteiger partial charge in [0.2, 0.25) is 17.7 Å². The van der Waals surface area contributed by atoms with Crippen molar-refractivity contribution < 1.29 is 24.6 Å². The molecule has 9 nitrogen and oxygen atoms in total. The molecule has 3 amide bonds. The highest BCUT2D eigenvalue weighted by Gasteiger charge is 2.41. The van der Waals surface area contributed by atoms with Gasteiger partial charge in [0.25, 0.3) is 0 Å². The number of aliphatic hydroxyl groups is 2. The smallest absolute Gasteiger partial charge is 0.246 e. The average molecular weight is 751 g/mol. The maximum Gasteiger partial charge on any atom is 0.246 e. The van der Waals surface area contributed by atoms with Gasteiger partial charge in [-0.3, -0.25) is 19.3 Å². The Balaban J connectivity index is 1.59. The lowest BCUT2D eigenvalue weighted by Gasteiger charge is -2.38. The Bertz CT molecular complexity index is 1910. The zero-order valence-corrected chi connectivity index (χ0v) is 32.5. The minimum absolute atomic E-state index is 0.00909. The van der Waals surface area contributed by atoms with Crippen molar-refractivity contribution in [3.05, 3.63) is 113 Å². The zero-order valence-electron chi connectivity index (χ0n) is 31.7. The van der Waals surface area contributed by atoms with E-state index in [0.717, 1.165) is 39.1 Å². The maximum absolute atomic E-state index is 15.4. The number of carbonyl (C=O) groups is 3. The van der Waals surface area contributed by atoms with Gasteiger partial charge in [0, 0.05) is 17.7 Å². The number of hydrogen-bond acceptors (Lipinski definition) is 8. The number of carbonyl (C=O) groups excluding carboxylic acids is 3. The molecule has 286 valence electrons. The number of aliphatic hydroxyl groups excluding tert-OH is 2. The molecule has 5 N–H and O–H groups in total. The van der Waals surface area contributed by atoms with Crippen LogP contribution in [-0.2, 0) is 33.6 Å². The van der Waals surface area contributed by atoms with E-state index in [1.807, 2.05) is 118 Å². The summed E-state index contributed by atoms with van der Waals surface area (Å²) in [5, 5.41) is 30.7. The van der Waals surface area contributed by atoms with Gasteiger partial charge < -0.3 is 21.3 Å². The summed E-state index contributed by atoms with van der Waals surface area (Å²) < 4.78 is 0. The zero-order chi connectivity index (χ0) is 38.8. The normalized spacial score (nSPS) is 14.5. The van der Waals surface area contributed by atoms with Crippen LogP contribution in [0.25, 0.3) is 21.5 Å². The number of imide groups is 1. The highest BCUT2D eigenvalue weighted by Crippen LogP contribution is 2.30. The van der Waals surface area contributed by atoms with Crippen molar-refractivity contribution in [1.29, 1.82) is 0 Å². The predicted octanol–water partition coefficient (Wildman–Crippen LogP) is 6.47. The van der Waals surface area contributed by atoms with E-state index in [1.165, 1.54) is 16.2 Å². The molecule has 10 heteroatoms. The number of rotatable bonds is 18. The second kappa shape index (κ2) is 19.2. The van der Waals surface area contributed by atoms with Crippen LogP contribution in [0.4, 0.5) is 0 Å². The number of aromatic nitrogens is 1. The number of fused-ring (bicyclic) bond motifs is 2. The Morgan fingerprint density at radius 2 is 1.41 bits per heavy atom. The highest BCUT2D eigenvalue weighted by molar-refractivity contribution is 7.07. The van der Waals surface area contributed by atoms with E-state index in [9.17, 15) is 19.8 Å². The minimum atomic E-state index is -1.39. The third-order valence-corrected chi connectivity index (χ3v) is 11.1. The molecule has 0 aliphatic heterocycles. The average Bonchev–Trinajstić information content (AvgIpc) is 3.69. The molecule has 0 saturated heterocycles. The fourth-order valence-corrected chi connectivity index (χ4v) is 7.91. The molecule has 5 atom stereocenters. The molecule has 5 rings (SSSR count). The lowest BCUT2D eigenvalue weighted by molar-refractivity contribution is -0.156. The Morgan fingerprint density at radius 3 is 1.93 bits per heavy atom. The van der Waals surface area contributed by atoms with Crippen LogP contribution in [0.3, 0.4) is 0 Å². The summed E-state index contributed by atoms with van der Waals surface area (Å²) in [5.41, 5.74) is 10.9. The summed E-state index contributed by atoms with van der Waals surface area (Å²) in [5.74, 6) is -2.30. The Kier molecular flexibility index (Phi) is 14.5. The van der Waals surface area contributed by atoms with E-state index in [1.54, 1.807) is 5.51 Å². The van der Waals surface area contributed by atoms with Crippen molar-refractivity contribution in [2.45, 2.75) is 90.4 Å². The van der Waals surface area contributed by atoms with Gasteiger partial charge in [-0.05, 0) is 63.8 Å². The first-order valence-corrected chi connectivity index (χ1v) is 20.0. The van der Waals surface area contributed by atoms with Crippen molar-refractivity contribution in [3.8, 4) is 0 Å². The first kappa shape index (κ1) is 40.7. The topological polar surface area (TPSA) is 146 Å². The van der Waals surface area contributed by atoms with Crippen molar-refractivity contribution >= 4 is 50.6 Å². The standard InChI is InChI=1S/C44H54N4O5S/c1-5-29(4)39(25-49)47-42(51)24-41(50)40(20-28(2)3)48(44(53)38(45)23-35-26-54-27-46-35)43(52)34(21-32-16-10-14-30-12-6-8-18-36(30)32)22-33-17-11-15-31-13-7-9-19-37(31)33/h6-19,26-29,34,38-41,49-50H,5,20-25,45H2,1-4H3,(H,47,51)/t29-,38?,39+,40-,41-/m0/s1. The first-order chi connectivity index (χ1) is 26.0. The van der Waals surface area contributed by atoms with Crippen LogP contribution < -0.4 is 11.1 Å². The number of amides is 3. The fraction of sp³-hybridized carbons (Fsp3) is 0.409. The van der Waals surface area contributed by atoms with E-state index in [2.05, 4.69) is 10.3 Å². The van der Waals surface area contributed by atoms with E-state index >= 15 is 4.79 Å². The Labute approximate surface area is 322 Å². The van der Waals surface area contributed by atoms with Crippen LogP contribution in [-0.4, -0.2) is 68.7 Å². The van der Waals surface area contributed by atoms with Crippen LogP contribution in [0.1, 0.15) is 63.8 Å². The maximum atomic E-state index is 15.4. The molecule has 5 aromatic rings. The van der Waals surface area contributed by atoms with Gasteiger partial charge in [-0.2, -0.15) is 0 Å². The number of nitrogens with zero attached hydrogens (tertiary/aromatic N) is 2. The lowest BCUT2D eigenvalue weighted by atomic mass is 9.86. The summed E-state index contributed by atoms with van der Waals surface area (Å²) in [4.78, 5) is 49.1. The predicted molar refractivity (Wildman–Crippen MR) is 217 cm³/mol. The second-order valence-corrected chi connectivity index (χ2v) is 15.6. The largest absolute Gasteiger partial charge is 0.394 e. The molecule has 0 saturated carbocycles. The van der Waals surface area contributed by atoms with E-state index in [-0.39, 0.29) is 37.7 Å². The molecule has 0 radical (unpaired) electrons. The molecule has 0 aliphatic rings. The SMILES string of the molecule is CC[C@H](C)[C@@H](CO)NC(=O)C[C@H](O)[C@H](CC(C)C)N(C(=O)C(N)Cc1cscn1)C(=O)C(Cc1cccc2ccccc12)Cc1cccc2ccccc12. The van der Waals surface area contributed by atoms with Gasteiger partial charge in [0.1, 0.15) is 0 Å². The number of nitrogens with two attached hydrogens (primary N) is 1. The molecular formula is C44H54N4O5S. The molecule has 1 aromatic heterocycles. The van der Waals surface area contributed by atoms with E-state index < -0.39 is 47.9 Å². The molecule has 0 spiro atoms. The van der Waals surface area contributed by atoms with Gasteiger partial charge in [-0.25, -0.2) is 4.98 Å². The molecule has 0 fully saturated rings. The summed E-state index contributed by atoms with van der Waals surface area (Å²) in [6.45, 7) is 7.58. The van der Waals surface area contributed by atoms with Gasteiger partial charge in [0.05, 0.1) is 48.5 Å². The van der Waals surface area contributed by atoms with Gasteiger partial charge in [-0.15, -0.1) is 11.3 Å². The Morgan fingerprint density at radius 1 is 0.833 bits per heavy atom. The highest BCUT2D eigenvalue weighted by atomic mass is 32.1. The van der Waals surface area contributed by atoms with Gasteiger partial charge >= 0.3 is 0 Å². The summed E-state index contributed by atoms with van der Waals surface area (Å²) in [7, 11) is 0. The van der Waals surface area contributed by atoms with Crippen LogP contribution >= 0.6 is 11.3 Å². The van der Waals surface area contributed by atoms with Crippen molar-refractivity contribution in [2.24, 2.45) is 23.5 Å². The van der Waals surface area contributed by atoms with Crippen molar-refractivity contribution in [2.75, 3.05) is 6.61 Å². The van der Waals surface area contributed by atoms with Crippen LogP contribution in [0.2, 0.25) is 0 Å². The molecule has 0 aliphatic carbocycles. The molecule has 4 aromatic carbocycles. The minimum Gasteiger partial charge on any atom is -0.394 e. The fourth-order valence-electron chi connectivity index (χ4n) is 7.34. The van der Waals surface area contributed by atoms with Gasteiger partial charge in [-0.1, -0.05) is 119 Å². The van der Waals surface area contributed by atoms with Crippen molar-refractivity contribution in [3.63, 3.8) is 0 Å². The number of hydrogen-bond donors (Lipinski definition) is 4.